The third-order valence-electron chi connectivity index (χ3n) is 6.20. The van der Waals surface area contributed by atoms with Gasteiger partial charge >= 0.3 is 23.9 Å². The topological polar surface area (TPSA) is 172 Å². The van der Waals surface area contributed by atoms with Gasteiger partial charge in [0.25, 0.3) is 0 Å². The van der Waals surface area contributed by atoms with Crippen LogP contribution in [0.3, 0.4) is 0 Å². The summed E-state index contributed by atoms with van der Waals surface area (Å²) < 4.78 is 49.6. The van der Waals surface area contributed by atoms with Crippen LogP contribution in [-0.2, 0) is 42.9 Å². The molecule has 0 saturated carbocycles. The molecule has 0 aliphatic carbocycles. The van der Waals surface area contributed by atoms with Crippen LogP contribution in [0.1, 0.15) is 27.7 Å². The Balaban J connectivity index is 1.65. The second-order valence-corrected chi connectivity index (χ2v) is 9.55. The number of carbonyl (C=O) groups excluding carboxylic acids is 4. The van der Waals surface area contributed by atoms with E-state index in [0.717, 1.165) is 27.0 Å². The van der Waals surface area contributed by atoms with Gasteiger partial charge in [-0.05, 0) is 36.4 Å². The van der Waals surface area contributed by atoms with Gasteiger partial charge in [0.1, 0.15) is 41.8 Å². The third kappa shape index (κ3) is 7.83. The Labute approximate surface area is 250 Å². The molecule has 2 heterocycles. The van der Waals surface area contributed by atoms with Crippen molar-refractivity contribution in [2.24, 2.45) is 0 Å². The fourth-order valence-electron chi connectivity index (χ4n) is 4.42. The molecule has 1 saturated heterocycles. The maximum atomic E-state index is 13.1. The van der Waals surface area contributed by atoms with Crippen molar-refractivity contribution in [2.75, 3.05) is 13.7 Å². The van der Waals surface area contributed by atoms with Crippen LogP contribution in [-0.4, -0.2) is 68.3 Å². The van der Waals surface area contributed by atoms with Crippen molar-refractivity contribution in [3.63, 3.8) is 0 Å². The van der Waals surface area contributed by atoms with Crippen molar-refractivity contribution in [3.05, 3.63) is 59.0 Å². The summed E-state index contributed by atoms with van der Waals surface area (Å²) in [6.07, 6.45) is -5.68. The van der Waals surface area contributed by atoms with Crippen molar-refractivity contribution >= 4 is 34.8 Å². The van der Waals surface area contributed by atoms with Gasteiger partial charge in [-0.3, -0.25) is 24.0 Å². The first kappa shape index (κ1) is 31.8. The highest BCUT2D eigenvalue weighted by Crippen LogP contribution is 2.32. The monoisotopic (exact) mass is 614 g/mol. The van der Waals surface area contributed by atoms with E-state index in [4.69, 9.17) is 42.3 Å². The number of methoxy groups -OCH3 is 1. The summed E-state index contributed by atoms with van der Waals surface area (Å²) in [5.74, 6) is -1.92. The van der Waals surface area contributed by atoms with E-state index in [-0.39, 0.29) is 22.5 Å². The lowest BCUT2D eigenvalue weighted by Crippen LogP contribution is -2.63. The molecule has 4 rings (SSSR count). The largest absolute Gasteiger partial charge is 0.497 e. The second-order valence-electron chi connectivity index (χ2n) is 9.55. The zero-order chi connectivity index (χ0) is 32.0. The van der Waals surface area contributed by atoms with E-state index in [1.165, 1.54) is 32.2 Å². The summed E-state index contributed by atoms with van der Waals surface area (Å²) in [6, 6.07) is 10.9. The van der Waals surface area contributed by atoms with E-state index in [1.807, 2.05) is 0 Å². The van der Waals surface area contributed by atoms with Crippen LogP contribution in [0.5, 0.6) is 23.0 Å². The molecule has 5 unspecified atom stereocenters. The van der Waals surface area contributed by atoms with Crippen LogP contribution < -0.4 is 19.6 Å². The van der Waals surface area contributed by atoms with Gasteiger partial charge in [-0.15, -0.1) is 0 Å². The maximum absolute atomic E-state index is 13.1. The molecule has 14 nitrogen and oxygen atoms in total. The Morgan fingerprint density at radius 1 is 0.750 bits per heavy atom. The number of ether oxygens (including phenoxy) is 8. The normalized spacial score (nSPS) is 21.1. The zero-order valence-electron chi connectivity index (χ0n) is 24.4. The first-order valence-corrected chi connectivity index (χ1v) is 13.3. The van der Waals surface area contributed by atoms with E-state index in [2.05, 4.69) is 0 Å². The summed E-state index contributed by atoms with van der Waals surface area (Å²) in [5.41, 5.74) is -0.332. The van der Waals surface area contributed by atoms with E-state index < -0.39 is 66.6 Å². The smallest absolute Gasteiger partial charge is 0.303 e. The standard InChI is InChI=1S/C30H30O14/c1-15(31)37-14-25-27(39-16(2)32)28(40-17(3)33)29(41-18(4)34)30(44-25)43-21-10-11-22-23(12-21)38-13-24(26(22)35)42-20-8-6-19(36-5)7-9-20/h6-13,25,27-30H,14H2,1-5H3. The summed E-state index contributed by atoms with van der Waals surface area (Å²) in [5, 5.41) is 0.171. The predicted octanol–water partition coefficient (Wildman–Crippen LogP) is 3.06. The van der Waals surface area contributed by atoms with E-state index >= 15 is 0 Å². The molecule has 14 heteroatoms. The predicted molar refractivity (Wildman–Crippen MR) is 148 cm³/mol. The Bertz CT molecular complexity index is 1580. The Kier molecular flexibility index (Phi) is 10.1. The average molecular weight is 615 g/mol. The summed E-state index contributed by atoms with van der Waals surface area (Å²) in [6.45, 7) is 4.10. The number of fused-ring (bicyclic) bond motifs is 1. The van der Waals surface area contributed by atoms with Gasteiger partial charge in [0, 0.05) is 33.8 Å². The fourth-order valence-corrected chi connectivity index (χ4v) is 4.42. The SMILES string of the molecule is COc1ccc(Oc2coc3cc(OC4OC(COC(C)=O)C(OC(C)=O)C(OC(C)=O)C4OC(C)=O)ccc3c2=O)cc1. The Hall–Kier alpha value is -5.11. The number of hydrogen-bond acceptors (Lipinski definition) is 14. The van der Waals surface area contributed by atoms with Crippen LogP contribution in [0, 0.1) is 0 Å². The van der Waals surface area contributed by atoms with Crippen LogP contribution in [0.4, 0.5) is 0 Å². The molecule has 0 amide bonds. The van der Waals surface area contributed by atoms with Crippen LogP contribution in [0.15, 0.2) is 57.9 Å². The van der Waals surface area contributed by atoms with Gasteiger partial charge in [0.15, 0.2) is 12.2 Å². The fraction of sp³-hybridized carbons (Fsp3) is 0.367. The lowest BCUT2D eigenvalue weighted by Gasteiger charge is -2.43. The van der Waals surface area contributed by atoms with Gasteiger partial charge in [0.2, 0.25) is 23.6 Å². The highest BCUT2D eigenvalue weighted by Gasteiger charge is 2.53. The van der Waals surface area contributed by atoms with Gasteiger partial charge in [-0.1, -0.05) is 0 Å². The van der Waals surface area contributed by atoms with Gasteiger partial charge in [-0.25, -0.2) is 0 Å². The van der Waals surface area contributed by atoms with Gasteiger partial charge < -0.3 is 42.3 Å². The van der Waals surface area contributed by atoms with Crippen molar-refractivity contribution in [1.29, 1.82) is 0 Å². The molecule has 0 radical (unpaired) electrons. The number of esters is 4. The van der Waals surface area contributed by atoms with Gasteiger partial charge in [0.05, 0.1) is 12.5 Å². The van der Waals surface area contributed by atoms with Crippen molar-refractivity contribution in [2.45, 2.75) is 58.4 Å². The van der Waals surface area contributed by atoms with E-state index in [9.17, 15) is 24.0 Å². The van der Waals surface area contributed by atoms with Crippen LogP contribution in [0.2, 0.25) is 0 Å². The molecule has 1 aliphatic heterocycles. The van der Waals surface area contributed by atoms with Crippen molar-refractivity contribution in [3.8, 4) is 23.0 Å². The highest BCUT2D eigenvalue weighted by molar-refractivity contribution is 5.79. The lowest BCUT2D eigenvalue weighted by molar-refractivity contribution is -0.288. The minimum absolute atomic E-state index is 0.0593. The molecular weight excluding hydrogens is 584 g/mol. The molecular formula is C30H30O14. The van der Waals surface area contributed by atoms with E-state index in [0.29, 0.717) is 11.5 Å². The first-order chi connectivity index (χ1) is 20.9. The van der Waals surface area contributed by atoms with Crippen LogP contribution >= 0.6 is 0 Å². The second kappa shape index (κ2) is 13.9. The van der Waals surface area contributed by atoms with Crippen molar-refractivity contribution < 1.29 is 61.5 Å². The molecule has 0 spiro atoms. The molecule has 0 bridgehead atoms. The number of rotatable bonds is 10. The number of hydrogen-bond donors (Lipinski definition) is 0. The molecule has 5 atom stereocenters. The minimum atomic E-state index is -1.46. The maximum Gasteiger partial charge on any atom is 0.303 e. The molecule has 1 fully saturated rings. The summed E-state index contributed by atoms with van der Waals surface area (Å²) >= 11 is 0. The molecule has 3 aromatic rings. The molecule has 2 aromatic carbocycles. The average Bonchev–Trinajstić information content (AvgIpc) is 2.96. The first-order valence-electron chi connectivity index (χ1n) is 13.3. The Morgan fingerprint density at radius 3 is 1.95 bits per heavy atom. The summed E-state index contributed by atoms with van der Waals surface area (Å²) in [7, 11) is 1.53. The number of benzene rings is 2. The van der Waals surface area contributed by atoms with Gasteiger partial charge in [-0.2, -0.15) is 0 Å². The van der Waals surface area contributed by atoms with Crippen LogP contribution in [0.25, 0.3) is 11.0 Å². The molecule has 1 aromatic heterocycles. The zero-order valence-corrected chi connectivity index (χ0v) is 24.4. The van der Waals surface area contributed by atoms with Crippen molar-refractivity contribution in [1.82, 2.24) is 0 Å². The Morgan fingerprint density at radius 2 is 1.34 bits per heavy atom. The third-order valence-corrected chi connectivity index (χ3v) is 6.20. The quantitative estimate of drug-likeness (QED) is 0.241. The lowest BCUT2D eigenvalue weighted by atomic mass is 9.98. The highest BCUT2D eigenvalue weighted by atomic mass is 16.7. The number of carbonyl (C=O) groups is 4. The summed E-state index contributed by atoms with van der Waals surface area (Å²) in [4.78, 5) is 60.7. The minimum Gasteiger partial charge on any atom is -0.497 e. The van der Waals surface area contributed by atoms with E-state index in [1.54, 1.807) is 24.3 Å². The molecule has 0 N–H and O–H groups in total. The molecule has 1 aliphatic rings. The molecule has 234 valence electrons. The molecule has 44 heavy (non-hydrogen) atoms.